The van der Waals surface area contributed by atoms with Crippen LogP contribution < -0.4 is 0 Å². The lowest BCUT2D eigenvalue weighted by atomic mass is 9.99. The Morgan fingerprint density at radius 1 is 0.329 bits per heavy atom. The first kappa shape index (κ1) is 83.1. The normalized spacial score (nSPS) is 14.7. The maximum Gasteiger partial charge on any atom is 0.472 e. The third-order valence-electron chi connectivity index (χ3n) is 15.4. The van der Waals surface area contributed by atoms with Gasteiger partial charge in [0.25, 0.3) is 0 Å². The third kappa shape index (κ3) is 59.5. The number of aliphatic hydroxyl groups excluding tert-OH is 1. The van der Waals surface area contributed by atoms with Gasteiger partial charge in [0.2, 0.25) is 0 Å². The molecule has 17 nitrogen and oxygen atoms in total. The summed E-state index contributed by atoms with van der Waals surface area (Å²) in [6, 6.07) is 0. The van der Waals surface area contributed by atoms with Crippen LogP contribution in [0, 0.1) is 23.7 Å². The zero-order valence-corrected chi connectivity index (χ0v) is 57.0. The van der Waals surface area contributed by atoms with Gasteiger partial charge < -0.3 is 33.8 Å². The maximum absolute atomic E-state index is 13.0. The summed E-state index contributed by atoms with van der Waals surface area (Å²) in [5.74, 6) is 0.781. The molecule has 0 radical (unpaired) electrons. The molecule has 4 unspecified atom stereocenters. The number of carbonyl (C=O) groups is 4. The molecule has 0 bridgehead atoms. The van der Waals surface area contributed by atoms with Crippen LogP contribution in [-0.2, 0) is 65.4 Å². The van der Waals surface area contributed by atoms with E-state index in [1.165, 1.54) is 116 Å². The predicted molar refractivity (Wildman–Crippen MR) is 340 cm³/mol. The Bertz CT molecular complexity index is 1700. The van der Waals surface area contributed by atoms with Gasteiger partial charge in [-0.05, 0) is 49.4 Å². The van der Waals surface area contributed by atoms with Crippen molar-refractivity contribution in [1.29, 1.82) is 0 Å². The molecular formula is C66H128O17P2. The fourth-order valence-electron chi connectivity index (χ4n) is 9.75. The van der Waals surface area contributed by atoms with Gasteiger partial charge in [-0.15, -0.1) is 0 Å². The van der Waals surface area contributed by atoms with Gasteiger partial charge >= 0.3 is 39.5 Å². The van der Waals surface area contributed by atoms with Gasteiger partial charge in [-0.1, -0.05) is 267 Å². The molecule has 0 aromatic heterocycles. The lowest BCUT2D eigenvalue weighted by molar-refractivity contribution is -0.161. The minimum absolute atomic E-state index is 0.101. The molecule has 0 saturated heterocycles. The van der Waals surface area contributed by atoms with Gasteiger partial charge in [0.15, 0.2) is 12.2 Å². The highest BCUT2D eigenvalue weighted by Crippen LogP contribution is 2.45. The molecule has 85 heavy (non-hydrogen) atoms. The van der Waals surface area contributed by atoms with E-state index in [1.54, 1.807) is 0 Å². The van der Waals surface area contributed by atoms with Crippen molar-refractivity contribution in [2.45, 2.75) is 337 Å². The second-order valence-electron chi connectivity index (χ2n) is 25.5. The van der Waals surface area contributed by atoms with Gasteiger partial charge in [-0.25, -0.2) is 9.13 Å². The highest BCUT2D eigenvalue weighted by Gasteiger charge is 2.30. The topological polar surface area (TPSA) is 237 Å². The molecular weight excluding hydrogens is 1130 g/mol. The molecule has 0 spiro atoms. The first-order chi connectivity index (χ1) is 40.6. The standard InChI is InChI=1S/C66H128O17P2/c1-9-59(8)45-37-29-20-14-10-11-15-22-32-40-48-65(70)82-61(52-76-63(68)46-38-30-21-16-12-13-18-26-34-42-56(2)3)54-80-84(72,73)78-50-60(67)51-79-85(74,75)81-55-62(83-66(71)49-41-33-25-24-28-36-44-58(6)7)53-77-64(69)47-39-31-23-17-19-27-35-43-57(4)5/h56-62,67H,9-55H2,1-8H3,(H,72,73)(H,74,75)/t59?,60?,61-,62-/m1/s1. The molecule has 0 aromatic carbocycles. The van der Waals surface area contributed by atoms with Crippen molar-refractivity contribution in [3.63, 3.8) is 0 Å². The average molecular weight is 1260 g/mol. The van der Waals surface area contributed by atoms with E-state index in [0.29, 0.717) is 37.5 Å². The molecule has 504 valence electrons. The van der Waals surface area contributed by atoms with Crippen LogP contribution in [0.2, 0.25) is 0 Å². The van der Waals surface area contributed by atoms with Crippen LogP contribution >= 0.6 is 15.6 Å². The Morgan fingerprint density at radius 2 is 0.565 bits per heavy atom. The molecule has 6 atom stereocenters. The Kier molecular flexibility index (Phi) is 54.8. The number of rotatable bonds is 63. The van der Waals surface area contributed by atoms with E-state index in [4.69, 9.17) is 37.0 Å². The van der Waals surface area contributed by atoms with Crippen LogP contribution in [0.25, 0.3) is 0 Å². The molecule has 0 aliphatic rings. The lowest BCUT2D eigenvalue weighted by Crippen LogP contribution is -2.30. The Labute approximate surface area is 517 Å². The van der Waals surface area contributed by atoms with Crippen molar-refractivity contribution in [3.8, 4) is 0 Å². The second kappa shape index (κ2) is 56.1. The summed E-state index contributed by atoms with van der Waals surface area (Å²) in [5.41, 5.74) is 0. The molecule has 0 aliphatic heterocycles. The van der Waals surface area contributed by atoms with E-state index < -0.39 is 97.5 Å². The summed E-state index contributed by atoms with van der Waals surface area (Å²) in [5, 5.41) is 10.5. The van der Waals surface area contributed by atoms with Gasteiger partial charge in [-0.3, -0.25) is 37.3 Å². The Hall–Kier alpha value is -1.94. The fraction of sp³-hybridized carbons (Fsp3) is 0.939. The lowest BCUT2D eigenvalue weighted by Gasteiger charge is -2.21. The molecule has 0 heterocycles. The Balaban J connectivity index is 5.25. The number of hydrogen-bond acceptors (Lipinski definition) is 15. The van der Waals surface area contributed by atoms with Crippen LogP contribution in [0.4, 0.5) is 0 Å². The molecule has 3 N–H and O–H groups in total. The SMILES string of the molecule is CCC(C)CCCCCCCCCCCCC(=O)O[C@H](COC(=O)CCCCCCCCCCCC(C)C)COP(=O)(O)OCC(O)COP(=O)(O)OC[C@@H](COC(=O)CCCCCCCCCC(C)C)OC(=O)CCCCCCCCC(C)C. The third-order valence-corrected chi connectivity index (χ3v) is 17.3. The highest BCUT2D eigenvalue weighted by molar-refractivity contribution is 7.47. The quantitative estimate of drug-likeness (QED) is 0.0222. The van der Waals surface area contributed by atoms with Gasteiger partial charge in [0.05, 0.1) is 26.4 Å². The number of phosphoric acid groups is 2. The summed E-state index contributed by atoms with van der Waals surface area (Å²) in [7, 11) is -9.89. The van der Waals surface area contributed by atoms with E-state index in [0.717, 1.165) is 108 Å². The number of unbranched alkanes of at least 4 members (excludes halogenated alkanes) is 28. The second-order valence-corrected chi connectivity index (χ2v) is 28.4. The first-order valence-electron chi connectivity index (χ1n) is 34.2. The summed E-state index contributed by atoms with van der Waals surface area (Å²) in [4.78, 5) is 72.3. The molecule has 0 aliphatic carbocycles. The first-order valence-corrected chi connectivity index (χ1v) is 37.2. The van der Waals surface area contributed by atoms with Gasteiger partial charge in [0, 0.05) is 25.7 Å². The molecule has 0 aromatic rings. The van der Waals surface area contributed by atoms with Crippen LogP contribution in [0.5, 0.6) is 0 Å². The van der Waals surface area contributed by atoms with E-state index in [-0.39, 0.29) is 25.7 Å². The number of phosphoric ester groups is 2. The summed E-state index contributed by atoms with van der Waals surface area (Å²) in [6.45, 7) is 14.0. The predicted octanol–water partition coefficient (Wildman–Crippen LogP) is 18.1. The van der Waals surface area contributed by atoms with Crippen LogP contribution in [0.1, 0.15) is 319 Å². The average Bonchev–Trinajstić information content (AvgIpc) is 3.61. The monoisotopic (exact) mass is 1250 g/mol. The van der Waals surface area contributed by atoms with Crippen molar-refractivity contribution in [3.05, 3.63) is 0 Å². The molecule has 0 amide bonds. The van der Waals surface area contributed by atoms with Crippen molar-refractivity contribution >= 4 is 39.5 Å². The zero-order chi connectivity index (χ0) is 63.2. The van der Waals surface area contributed by atoms with Crippen molar-refractivity contribution in [2.75, 3.05) is 39.6 Å². The molecule has 0 saturated carbocycles. The zero-order valence-electron chi connectivity index (χ0n) is 55.2. The number of hydrogen-bond donors (Lipinski definition) is 3. The van der Waals surface area contributed by atoms with Crippen molar-refractivity contribution in [1.82, 2.24) is 0 Å². The van der Waals surface area contributed by atoms with E-state index in [9.17, 15) is 43.2 Å². The fourth-order valence-corrected chi connectivity index (χ4v) is 11.3. The minimum atomic E-state index is -4.95. The van der Waals surface area contributed by atoms with E-state index >= 15 is 0 Å². The number of carbonyl (C=O) groups excluding carboxylic acids is 4. The molecule has 0 fully saturated rings. The smallest absolute Gasteiger partial charge is 0.462 e. The van der Waals surface area contributed by atoms with Crippen LogP contribution in [-0.4, -0.2) is 96.7 Å². The molecule has 19 heteroatoms. The van der Waals surface area contributed by atoms with Gasteiger partial charge in [-0.2, -0.15) is 0 Å². The number of aliphatic hydroxyl groups is 1. The van der Waals surface area contributed by atoms with Crippen molar-refractivity contribution < 1.29 is 80.2 Å². The number of esters is 4. The van der Waals surface area contributed by atoms with Gasteiger partial charge in [0.1, 0.15) is 19.3 Å². The van der Waals surface area contributed by atoms with Crippen LogP contribution in [0.15, 0.2) is 0 Å². The summed E-state index contributed by atoms with van der Waals surface area (Å²) >= 11 is 0. The summed E-state index contributed by atoms with van der Waals surface area (Å²) in [6.07, 6.45) is 36.4. The van der Waals surface area contributed by atoms with E-state index in [1.807, 2.05) is 0 Å². The summed E-state index contributed by atoms with van der Waals surface area (Å²) < 4.78 is 68.1. The number of ether oxygens (including phenoxy) is 4. The minimum Gasteiger partial charge on any atom is -0.462 e. The van der Waals surface area contributed by atoms with Crippen molar-refractivity contribution in [2.24, 2.45) is 23.7 Å². The largest absolute Gasteiger partial charge is 0.472 e. The highest BCUT2D eigenvalue weighted by atomic mass is 31.2. The van der Waals surface area contributed by atoms with E-state index in [2.05, 4.69) is 55.4 Å². The Morgan fingerprint density at radius 3 is 0.835 bits per heavy atom. The molecule has 0 rings (SSSR count). The van der Waals surface area contributed by atoms with Crippen LogP contribution in [0.3, 0.4) is 0 Å². The maximum atomic E-state index is 13.0.